The number of nitrogens with zero attached hydrogens (tertiary/aromatic N) is 3. The Morgan fingerprint density at radius 3 is 2.58 bits per heavy atom. The summed E-state index contributed by atoms with van der Waals surface area (Å²) >= 11 is 0. The standard InChI is InChI=1S/C32H34N4O3S/c1-22-11-15-26(16-12-22)40(38,39)34-30-10-6-9-24-13-14-25(19-28(24)30)36(21-31-33-17-18-35(31)2)32(37)29-20-27(29)23-7-4-3-5-8-23/h3-5,7-8,11-19,27,29-30,34H,6,9-10,20-21H2,1-2H3/t27-,29-,30-/m1/s1. The second-order valence-electron chi connectivity index (χ2n) is 11.0. The molecule has 0 radical (unpaired) electrons. The lowest BCUT2D eigenvalue weighted by molar-refractivity contribution is -0.120. The molecule has 0 unspecified atom stereocenters. The first kappa shape index (κ1) is 26.5. The Kier molecular flexibility index (Phi) is 7.06. The zero-order valence-electron chi connectivity index (χ0n) is 22.8. The molecular weight excluding hydrogens is 520 g/mol. The molecule has 206 valence electrons. The number of nitrogens with one attached hydrogen (secondary N) is 1. The van der Waals surface area contributed by atoms with E-state index in [1.165, 1.54) is 5.56 Å². The van der Waals surface area contributed by atoms with Gasteiger partial charge in [0, 0.05) is 37.1 Å². The molecule has 1 heterocycles. The summed E-state index contributed by atoms with van der Waals surface area (Å²) in [6.07, 6.45) is 6.92. The topological polar surface area (TPSA) is 84.3 Å². The van der Waals surface area contributed by atoms with E-state index < -0.39 is 10.0 Å². The van der Waals surface area contributed by atoms with Gasteiger partial charge < -0.3 is 9.47 Å². The number of carbonyl (C=O) groups excluding carboxylic acids is 1. The second kappa shape index (κ2) is 10.7. The van der Waals surface area contributed by atoms with Gasteiger partial charge in [0.25, 0.3) is 0 Å². The molecule has 2 aliphatic rings. The maximum absolute atomic E-state index is 14.0. The molecule has 7 nitrogen and oxygen atoms in total. The van der Waals surface area contributed by atoms with Crippen LogP contribution in [-0.2, 0) is 34.8 Å². The quantitative estimate of drug-likeness (QED) is 0.315. The molecule has 0 spiro atoms. The number of amides is 1. The fraction of sp³-hybridized carbons (Fsp3) is 0.312. The number of benzene rings is 3. The van der Waals surface area contributed by atoms with Gasteiger partial charge >= 0.3 is 0 Å². The minimum absolute atomic E-state index is 0.0735. The van der Waals surface area contributed by atoms with Crippen LogP contribution < -0.4 is 9.62 Å². The van der Waals surface area contributed by atoms with Gasteiger partial charge in [0.1, 0.15) is 5.82 Å². The van der Waals surface area contributed by atoms with Crippen molar-refractivity contribution in [1.29, 1.82) is 0 Å². The van der Waals surface area contributed by atoms with Crippen LogP contribution in [0.15, 0.2) is 90.1 Å². The highest BCUT2D eigenvalue weighted by molar-refractivity contribution is 7.89. The van der Waals surface area contributed by atoms with Crippen molar-refractivity contribution in [3.05, 3.63) is 113 Å². The van der Waals surface area contributed by atoms with Gasteiger partial charge in [-0.1, -0.05) is 54.1 Å². The van der Waals surface area contributed by atoms with E-state index in [0.717, 1.165) is 47.5 Å². The molecule has 0 saturated heterocycles. The Morgan fingerprint density at radius 1 is 1.07 bits per heavy atom. The molecule has 8 heteroatoms. The summed E-state index contributed by atoms with van der Waals surface area (Å²) in [4.78, 5) is 20.6. The molecule has 1 fully saturated rings. The van der Waals surface area contributed by atoms with E-state index in [1.807, 2.05) is 72.1 Å². The van der Waals surface area contributed by atoms with Crippen molar-refractivity contribution in [2.75, 3.05) is 4.90 Å². The molecule has 1 amide bonds. The van der Waals surface area contributed by atoms with Crippen LogP contribution in [0.2, 0.25) is 0 Å². The third kappa shape index (κ3) is 5.33. The van der Waals surface area contributed by atoms with Crippen LogP contribution in [0, 0.1) is 12.8 Å². The number of aryl methyl sites for hydroxylation is 3. The third-order valence-electron chi connectivity index (χ3n) is 8.21. The molecule has 3 aromatic carbocycles. The van der Waals surface area contributed by atoms with Crippen molar-refractivity contribution in [3.8, 4) is 0 Å². The largest absolute Gasteiger partial charge is 0.337 e. The van der Waals surface area contributed by atoms with Gasteiger partial charge in [-0.15, -0.1) is 0 Å². The fourth-order valence-corrected chi connectivity index (χ4v) is 7.02. The maximum Gasteiger partial charge on any atom is 0.241 e. The van der Waals surface area contributed by atoms with Crippen LogP contribution in [0.3, 0.4) is 0 Å². The average Bonchev–Trinajstić information content (AvgIpc) is 3.66. The van der Waals surface area contributed by atoms with Gasteiger partial charge in [-0.2, -0.15) is 0 Å². The highest BCUT2D eigenvalue weighted by Crippen LogP contribution is 2.49. The summed E-state index contributed by atoms with van der Waals surface area (Å²) in [7, 11) is -1.77. The highest BCUT2D eigenvalue weighted by Gasteiger charge is 2.46. The lowest BCUT2D eigenvalue weighted by Gasteiger charge is -2.29. The third-order valence-corrected chi connectivity index (χ3v) is 9.69. The van der Waals surface area contributed by atoms with E-state index >= 15 is 0 Å². The molecule has 0 aliphatic heterocycles. The number of hydrogen-bond acceptors (Lipinski definition) is 4. The molecule has 4 aromatic rings. The Labute approximate surface area is 235 Å². The predicted molar refractivity (Wildman–Crippen MR) is 155 cm³/mol. The summed E-state index contributed by atoms with van der Waals surface area (Å²) in [6.45, 7) is 2.28. The van der Waals surface area contributed by atoms with Crippen LogP contribution in [0.5, 0.6) is 0 Å². The van der Waals surface area contributed by atoms with Crippen molar-refractivity contribution < 1.29 is 13.2 Å². The smallest absolute Gasteiger partial charge is 0.241 e. The van der Waals surface area contributed by atoms with Crippen molar-refractivity contribution in [3.63, 3.8) is 0 Å². The highest BCUT2D eigenvalue weighted by atomic mass is 32.2. The zero-order chi connectivity index (χ0) is 27.9. The van der Waals surface area contributed by atoms with Crippen LogP contribution in [0.1, 0.15) is 59.3 Å². The summed E-state index contributed by atoms with van der Waals surface area (Å²) in [5, 5.41) is 0. The second-order valence-corrected chi connectivity index (χ2v) is 12.7. The predicted octanol–water partition coefficient (Wildman–Crippen LogP) is 5.42. The van der Waals surface area contributed by atoms with E-state index in [2.05, 4.69) is 27.9 Å². The molecule has 0 bridgehead atoms. The Balaban J connectivity index is 1.31. The normalized spacial score (nSPS) is 20.1. The molecule has 3 atom stereocenters. The number of rotatable bonds is 8. The molecule has 6 rings (SSSR count). The number of imidazole rings is 1. The first-order chi connectivity index (χ1) is 19.3. The van der Waals surface area contributed by atoms with Gasteiger partial charge in [-0.05, 0) is 79.5 Å². The van der Waals surface area contributed by atoms with Crippen molar-refractivity contribution >= 4 is 21.6 Å². The number of carbonyl (C=O) groups is 1. The monoisotopic (exact) mass is 554 g/mol. The first-order valence-electron chi connectivity index (χ1n) is 13.8. The van der Waals surface area contributed by atoms with Gasteiger partial charge in [0.2, 0.25) is 15.9 Å². The van der Waals surface area contributed by atoms with Crippen LogP contribution in [-0.4, -0.2) is 23.9 Å². The van der Waals surface area contributed by atoms with Crippen molar-refractivity contribution in [2.45, 2.75) is 56.0 Å². The first-order valence-corrected chi connectivity index (χ1v) is 15.3. The molecule has 40 heavy (non-hydrogen) atoms. The molecule has 1 aromatic heterocycles. The van der Waals surface area contributed by atoms with E-state index in [-0.39, 0.29) is 28.7 Å². The van der Waals surface area contributed by atoms with E-state index in [9.17, 15) is 13.2 Å². The van der Waals surface area contributed by atoms with E-state index in [0.29, 0.717) is 13.0 Å². The molecular formula is C32H34N4O3S. The number of hydrogen-bond donors (Lipinski definition) is 1. The number of sulfonamides is 1. The fourth-order valence-electron chi connectivity index (χ4n) is 5.77. The van der Waals surface area contributed by atoms with Gasteiger partial charge in [-0.3, -0.25) is 4.79 Å². The van der Waals surface area contributed by atoms with Gasteiger partial charge in [-0.25, -0.2) is 18.1 Å². The summed E-state index contributed by atoms with van der Waals surface area (Å²) in [5.74, 6) is 0.989. The minimum Gasteiger partial charge on any atom is -0.337 e. The molecule has 1 N–H and O–H groups in total. The zero-order valence-corrected chi connectivity index (χ0v) is 23.6. The van der Waals surface area contributed by atoms with Crippen LogP contribution >= 0.6 is 0 Å². The summed E-state index contributed by atoms with van der Waals surface area (Å²) < 4.78 is 31.4. The maximum atomic E-state index is 14.0. The van der Waals surface area contributed by atoms with Gasteiger partial charge in [0.05, 0.1) is 11.4 Å². The summed E-state index contributed by atoms with van der Waals surface area (Å²) in [5.41, 5.74) is 5.02. The lowest BCUT2D eigenvalue weighted by atomic mass is 9.87. The van der Waals surface area contributed by atoms with Crippen molar-refractivity contribution in [1.82, 2.24) is 14.3 Å². The minimum atomic E-state index is -3.70. The Hall–Kier alpha value is -3.75. The Morgan fingerprint density at radius 2 is 1.85 bits per heavy atom. The SMILES string of the molecule is Cc1ccc(S(=O)(=O)N[C@@H]2CCCc3ccc(N(Cc4nccn4C)C(=O)[C@@H]4C[C@@H]4c4ccccc4)cc32)cc1. The number of aromatic nitrogens is 2. The molecule has 2 aliphatic carbocycles. The van der Waals surface area contributed by atoms with Gasteiger partial charge in [0.15, 0.2) is 0 Å². The van der Waals surface area contributed by atoms with Crippen LogP contribution in [0.4, 0.5) is 5.69 Å². The number of anilines is 1. The van der Waals surface area contributed by atoms with Crippen molar-refractivity contribution in [2.24, 2.45) is 13.0 Å². The van der Waals surface area contributed by atoms with Crippen LogP contribution in [0.25, 0.3) is 0 Å². The summed E-state index contributed by atoms with van der Waals surface area (Å²) in [6, 6.07) is 22.8. The number of fused-ring (bicyclic) bond motifs is 1. The Bertz CT molecular complexity index is 1630. The van der Waals surface area contributed by atoms with E-state index in [1.54, 1.807) is 18.3 Å². The average molecular weight is 555 g/mol. The van der Waals surface area contributed by atoms with E-state index in [4.69, 9.17) is 0 Å². The lowest BCUT2D eigenvalue weighted by Crippen LogP contribution is -2.34. The molecule has 1 saturated carbocycles.